The Morgan fingerprint density at radius 2 is 2.19 bits per heavy atom. The average molecular weight is 281 g/mol. The molecule has 1 atom stereocenters. The van der Waals surface area contributed by atoms with Crippen molar-refractivity contribution in [2.75, 3.05) is 0 Å². The van der Waals surface area contributed by atoms with Crippen LogP contribution in [-0.4, -0.2) is 9.38 Å². The topological polar surface area (TPSA) is 17.3 Å². The SMILES string of the molecule is CCc1cccn2c(Br)c(C(C)CC)nc12. The molecule has 0 fully saturated rings. The fraction of sp³-hybridized carbons (Fsp3) is 0.462. The number of fused-ring (bicyclic) bond motifs is 1. The fourth-order valence-corrected chi connectivity index (χ4v) is 2.66. The maximum atomic E-state index is 4.77. The molecule has 2 aromatic heterocycles. The number of hydrogen-bond donors (Lipinski definition) is 0. The summed E-state index contributed by atoms with van der Waals surface area (Å²) in [6.45, 7) is 6.58. The van der Waals surface area contributed by atoms with E-state index >= 15 is 0 Å². The molecule has 2 rings (SSSR count). The number of aryl methyl sites for hydroxylation is 1. The van der Waals surface area contributed by atoms with E-state index in [0.29, 0.717) is 5.92 Å². The van der Waals surface area contributed by atoms with Crippen LogP contribution in [0.25, 0.3) is 5.65 Å². The maximum Gasteiger partial charge on any atom is 0.141 e. The van der Waals surface area contributed by atoms with E-state index in [1.807, 2.05) is 0 Å². The minimum absolute atomic E-state index is 0.499. The maximum absolute atomic E-state index is 4.77. The Hall–Kier alpha value is -0.830. The Kier molecular flexibility index (Phi) is 3.33. The summed E-state index contributed by atoms with van der Waals surface area (Å²) in [6, 6.07) is 4.23. The van der Waals surface area contributed by atoms with Crippen LogP contribution < -0.4 is 0 Å². The van der Waals surface area contributed by atoms with E-state index in [-0.39, 0.29) is 0 Å². The largest absolute Gasteiger partial charge is 0.294 e. The van der Waals surface area contributed by atoms with Gasteiger partial charge in [0, 0.05) is 12.1 Å². The van der Waals surface area contributed by atoms with Crippen LogP contribution in [0.3, 0.4) is 0 Å². The Morgan fingerprint density at radius 1 is 1.44 bits per heavy atom. The Morgan fingerprint density at radius 3 is 2.81 bits per heavy atom. The normalized spacial score (nSPS) is 13.2. The molecule has 3 heteroatoms. The van der Waals surface area contributed by atoms with Crippen LogP contribution in [-0.2, 0) is 6.42 Å². The molecule has 2 nitrogen and oxygen atoms in total. The van der Waals surface area contributed by atoms with Crippen molar-refractivity contribution in [3.05, 3.63) is 34.2 Å². The summed E-state index contributed by atoms with van der Waals surface area (Å²) in [6.07, 6.45) is 4.20. The van der Waals surface area contributed by atoms with E-state index in [2.05, 4.69) is 59.4 Å². The van der Waals surface area contributed by atoms with E-state index in [0.717, 1.165) is 23.1 Å². The first-order valence-corrected chi connectivity index (χ1v) is 6.63. The van der Waals surface area contributed by atoms with Crippen LogP contribution in [0.2, 0.25) is 0 Å². The highest BCUT2D eigenvalue weighted by Gasteiger charge is 2.15. The van der Waals surface area contributed by atoms with Crippen LogP contribution >= 0.6 is 15.9 Å². The molecule has 0 amide bonds. The lowest BCUT2D eigenvalue weighted by atomic mass is 10.1. The van der Waals surface area contributed by atoms with Crippen LogP contribution in [0.1, 0.15) is 44.4 Å². The van der Waals surface area contributed by atoms with Gasteiger partial charge in [0.2, 0.25) is 0 Å². The van der Waals surface area contributed by atoms with Gasteiger partial charge in [-0.05, 0) is 40.4 Å². The van der Waals surface area contributed by atoms with Gasteiger partial charge in [-0.2, -0.15) is 0 Å². The third-order valence-electron chi connectivity index (χ3n) is 3.16. The molecule has 0 saturated carbocycles. The first-order chi connectivity index (χ1) is 7.69. The van der Waals surface area contributed by atoms with Crippen molar-refractivity contribution >= 4 is 21.6 Å². The second-order valence-electron chi connectivity index (χ2n) is 4.18. The number of nitrogens with zero attached hydrogens (tertiary/aromatic N) is 2. The van der Waals surface area contributed by atoms with Crippen molar-refractivity contribution < 1.29 is 0 Å². The molecule has 0 aliphatic heterocycles. The van der Waals surface area contributed by atoms with Gasteiger partial charge in [-0.1, -0.05) is 26.8 Å². The number of rotatable bonds is 3. The van der Waals surface area contributed by atoms with Gasteiger partial charge in [-0.25, -0.2) is 4.98 Å². The minimum atomic E-state index is 0.499. The molecule has 0 spiro atoms. The molecule has 0 radical (unpaired) electrons. The molecule has 0 aliphatic carbocycles. The summed E-state index contributed by atoms with van der Waals surface area (Å²) in [4.78, 5) is 4.77. The quantitative estimate of drug-likeness (QED) is 0.825. The summed E-state index contributed by atoms with van der Waals surface area (Å²) in [5.74, 6) is 0.499. The lowest BCUT2D eigenvalue weighted by Gasteiger charge is -2.04. The smallest absolute Gasteiger partial charge is 0.141 e. The molecule has 0 N–H and O–H groups in total. The molecule has 0 saturated heterocycles. The van der Waals surface area contributed by atoms with Crippen molar-refractivity contribution in [3.63, 3.8) is 0 Å². The van der Waals surface area contributed by atoms with Crippen LogP contribution in [0.5, 0.6) is 0 Å². The predicted molar refractivity (Wildman–Crippen MR) is 71.0 cm³/mol. The molecule has 2 heterocycles. The molecule has 0 bridgehead atoms. The van der Waals surface area contributed by atoms with E-state index in [4.69, 9.17) is 4.98 Å². The number of halogens is 1. The van der Waals surface area contributed by atoms with Crippen molar-refractivity contribution in [2.45, 2.75) is 39.5 Å². The Bertz CT molecular complexity index is 502. The standard InChI is InChI=1S/C13H17BrN2/c1-4-9(3)11-12(14)16-8-6-7-10(5-2)13(16)15-11/h6-9H,4-5H2,1-3H3. The van der Waals surface area contributed by atoms with Crippen molar-refractivity contribution in [2.24, 2.45) is 0 Å². The van der Waals surface area contributed by atoms with Gasteiger partial charge in [-0.3, -0.25) is 4.40 Å². The van der Waals surface area contributed by atoms with Crippen LogP contribution in [0.4, 0.5) is 0 Å². The monoisotopic (exact) mass is 280 g/mol. The minimum Gasteiger partial charge on any atom is -0.294 e. The summed E-state index contributed by atoms with van der Waals surface area (Å²) >= 11 is 3.66. The summed E-state index contributed by atoms with van der Waals surface area (Å²) < 4.78 is 3.24. The predicted octanol–water partition coefficient (Wildman–Crippen LogP) is 4.17. The fourth-order valence-electron chi connectivity index (χ4n) is 1.90. The molecular formula is C13H17BrN2. The third kappa shape index (κ3) is 1.77. The summed E-state index contributed by atoms with van der Waals surface area (Å²) in [7, 11) is 0. The zero-order valence-corrected chi connectivity index (χ0v) is 11.6. The van der Waals surface area contributed by atoms with Gasteiger partial charge in [-0.15, -0.1) is 0 Å². The number of pyridine rings is 1. The third-order valence-corrected chi connectivity index (χ3v) is 3.95. The number of hydrogen-bond acceptors (Lipinski definition) is 1. The molecule has 0 aliphatic rings. The highest BCUT2D eigenvalue weighted by Crippen LogP contribution is 2.28. The molecule has 0 aromatic carbocycles. The molecule has 1 unspecified atom stereocenters. The Balaban J connectivity index is 2.67. The second kappa shape index (κ2) is 4.58. The van der Waals surface area contributed by atoms with E-state index < -0.39 is 0 Å². The Labute approximate surface area is 105 Å². The zero-order valence-electron chi connectivity index (χ0n) is 10.00. The number of aromatic nitrogens is 2. The molecule has 2 aromatic rings. The molecule has 86 valence electrons. The van der Waals surface area contributed by atoms with Gasteiger partial charge < -0.3 is 0 Å². The second-order valence-corrected chi connectivity index (χ2v) is 4.93. The highest BCUT2D eigenvalue weighted by atomic mass is 79.9. The van der Waals surface area contributed by atoms with Gasteiger partial charge in [0.15, 0.2) is 0 Å². The van der Waals surface area contributed by atoms with Crippen molar-refractivity contribution in [1.29, 1.82) is 0 Å². The molecular weight excluding hydrogens is 264 g/mol. The summed E-state index contributed by atoms with van der Waals surface area (Å²) in [5.41, 5.74) is 3.56. The van der Waals surface area contributed by atoms with Gasteiger partial charge in [0.1, 0.15) is 10.3 Å². The highest BCUT2D eigenvalue weighted by molar-refractivity contribution is 9.10. The molecule has 16 heavy (non-hydrogen) atoms. The zero-order chi connectivity index (χ0) is 11.7. The van der Waals surface area contributed by atoms with Gasteiger partial charge in [0.25, 0.3) is 0 Å². The lowest BCUT2D eigenvalue weighted by molar-refractivity contribution is 0.709. The van der Waals surface area contributed by atoms with Crippen molar-refractivity contribution in [1.82, 2.24) is 9.38 Å². The van der Waals surface area contributed by atoms with Crippen LogP contribution in [0.15, 0.2) is 22.9 Å². The van der Waals surface area contributed by atoms with Gasteiger partial charge in [0.05, 0.1) is 5.69 Å². The van der Waals surface area contributed by atoms with Gasteiger partial charge >= 0.3 is 0 Å². The number of imidazole rings is 1. The van der Waals surface area contributed by atoms with E-state index in [1.54, 1.807) is 0 Å². The lowest BCUT2D eigenvalue weighted by Crippen LogP contribution is -1.92. The average Bonchev–Trinajstić information content (AvgIpc) is 2.66. The van der Waals surface area contributed by atoms with E-state index in [9.17, 15) is 0 Å². The van der Waals surface area contributed by atoms with Crippen LogP contribution in [0, 0.1) is 0 Å². The van der Waals surface area contributed by atoms with E-state index in [1.165, 1.54) is 11.3 Å². The van der Waals surface area contributed by atoms with Crippen molar-refractivity contribution in [3.8, 4) is 0 Å². The first kappa shape index (κ1) is 11.6. The summed E-state index contributed by atoms with van der Waals surface area (Å²) in [5, 5.41) is 0. The first-order valence-electron chi connectivity index (χ1n) is 5.84.